The zero-order valence-electron chi connectivity index (χ0n) is 13.8. The minimum atomic E-state index is -0.615. The van der Waals surface area contributed by atoms with Gasteiger partial charge in [0, 0.05) is 5.56 Å². The van der Waals surface area contributed by atoms with E-state index < -0.39 is 6.04 Å². The van der Waals surface area contributed by atoms with Gasteiger partial charge in [0.2, 0.25) is 5.91 Å². The number of hydrogen-bond acceptors (Lipinski definition) is 5. The molecule has 1 heterocycles. The maximum atomic E-state index is 12.1. The van der Waals surface area contributed by atoms with E-state index in [0.717, 1.165) is 11.1 Å². The molecule has 6 heteroatoms. The first-order chi connectivity index (χ1) is 11.0. The van der Waals surface area contributed by atoms with Crippen LogP contribution < -0.4 is 10.2 Å². The number of fused-ring (bicyclic) bond motifs is 1. The highest BCUT2D eigenvalue weighted by Gasteiger charge is 2.21. The molecule has 0 bridgehead atoms. The molecule has 2 rings (SSSR count). The van der Waals surface area contributed by atoms with Crippen molar-refractivity contribution in [2.75, 3.05) is 6.61 Å². The highest BCUT2D eigenvalue weighted by Crippen LogP contribution is 2.27. The first-order valence-electron chi connectivity index (χ1n) is 7.86. The molecule has 1 unspecified atom stereocenters. The van der Waals surface area contributed by atoms with Gasteiger partial charge in [-0.1, -0.05) is 32.9 Å². The third-order valence-corrected chi connectivity index (χ3v) is 3.45. The van der Waals surface area contributed by atoms with Crippen molar-refractivity contribution >= 4 is 11.9 Å². The summed E-state index contributed by atoms with van der Waals surface area (Å²) in [6.07, 6.45) is 0.661. The number of rotatable bonds is 7. The zero-order chi connectivity index (χ0) is 16.8. The molecule has 0 aromatic heterocycles. The molecule has 1 aliphatic rings. The van der Waals surface area contributed by atoms with Gasteiger partial charge in [0.15, 0.2) is 5.75 Å². The predicted molar refractivity (Wildman–Crippen MR) is 83.6 cm³/mol. The monoisotopic (exact) mass is 321 g/mol. The van der Waals surface area contributed by atoms with Crippen LogP contribution in [0.3, 0.4) is 0 Å². The van der Waals surface area contributed by atoms with Crippen LogP contribution in [0.15, 0.2) is 18.2 Å². The molecule has 0 radical (unpaired) electrons. The highest BCUT2D eigenvalue weighted by atomic mass is 17.2. The molecule has 1 aromatic rings. The molecule has 0 aliphatic carbocycles. The van der Waals surface area contributed by atoms with Crippen molar-refractivity contribution in [1.82, 2.24) is 5.32 Å². The van der Waals surface area contributed by atoms with E-state index in [4.69, 9.17) is 14.5 Å². The van der Waals surface area contributed by atoms with E-state index >= 15 is 0 Å². The summed E-state index contributed by atoms with van der Waals surface area (Å²) in [5.41, 5.74) is 1.76. The maximum Gasteiger partial charge on any atom is 0.328 e. The minimum Gasteiger partial charge on any atom is -0.464 e. The molecular weight excluding hydrogens is 298 g/mol. The summed E-state index contributed by atoms with van der Waals surface area (Å²) in [6, 6.07) is 4.89. The first kappa shape index (κ1) is 17.3. The molecule has 23 heavy (non-hydrogen) atoms. The van der Waals surface area contributed by atoms with E-state index in [9.17, 15) is 9.59 Å². The lowest BCUT2D eigenvalue weighted by molar-refractivity contribution is -0.194. The van der Waals surface area contributed by atoms with Crippen LogP contribution in [0.5, 0.6) is 5.75 Å². The second kappa shape index (κ2) is 7.97. The van der Waals surface area contributed by atoms with Crippen LogP contribution in [0.4, 0.5) is 0 Å². The average Bonchev–Trinajstić information content (AvgIpc) is 2.97. The van der Waals surface area contributed by atoms with Gasteiger partial charge in [-0.3, -0.25) is 4.79 Å². The fourth-order valence-electron chi connectivity index (χ4n) is 2.17. The molecule has 6 nitrogen and oxygen atoms in total. The number of amides is 1. The molecular formula is C17H23NO5. The number of carbonyl (C=O) groups excluding carboxylic acids is 2. The summed E-state index contributed by atoms with van der Waals surface area (Å²) in [6.45, 7) is 6.54. The van der Waals surface area contributed by atoms with Gasteiger partial charge in [-0.15, -0.1) is 0 Å². The van der Waals surface area contributed by atoms with Gasteiger partial charge in [0.1, 0.15) is 12.6 Å². The van der Waals surface area contributed by atoms with Crippen LogP contribution in [0, 0.1) is 5.92 Å². The van der Waals surface area contributed by atoms with Gasteiger partial charge in [0.25, 0.3) is 0 Å². The Balaban J connectivity index is 1.88. The molecule has 1 N–H and O–H groups in total. The van der Waals surface area contributed by atoms with Gasteiger partial charge >= 0.3 is 5.97 Å². The van der Waals surface area contributed by atoms with E-state index in [1.165, 1.54) is 0 Å². The number of esters is 1. The molecule has 1 amide bonds. The van der Waals surface area contributed by atoms with Crippen LogP contribution >= 0.6 is 0 Å². The predicted octanol–water partition coefficient (Wildman–Crippen LogP) is 2.15. The van der Waals surface area contributed by atoms with E-state index in [1.807, 2.05) is 32.9 Å². The lowest BCUT2D eigenvalue weighted by Gasteiger charge is -2.17. The molecule has 0 saturated heterocycles. The smallest absolute Gasteiger partial charge is 0.328 e. The average molecular weight is 321 g/mol. The SMILES string of the molecule is CCC(NC(=O)Cc1ccc2c(c1)OOC2)C(=O)OCC(C)C. The highest BCUT2D eigenvalue weighted by molar-refractivity contribution is 5.85. The zero-order valence-corrected chi connectivity index (χ0v) is 13.8. The quantitative estimate of drug-likeness (QED) is 0.615. The topological polar surface area (TPSA) is 73.9 Å². The van der Waals surface area contributed by atoms with Gasteiger partial charge in [-0.25, -0.2) is 4.79 Å². The summed E-state index contributed by atoms with van der Waals surface area (Å²) >= 11 is 0. The Morgan fingerprint density at radius 1 is 1.35 bits per heavy atom. The lowest BCUT2D eigenvalue weighted by Crippen LogP contribution is -2.42. The molecule has 1 aromatic carbocycles. The normalized spacial score (nSPS) is 14.1. The van der Waals surface area contributed by atoms with Crippen LogP contribution in [-0.2, 0) is 32.2 Å². The molecule has 126 valence electrons. The van der Waals surface area contributed by atoms with Gasteiger partial charge in [0.05, 0.1) is 13.0 Å². The van der Waals surface area contributed by atoms with Crippen LogP contribution in [0.1, 0.15) is 38.3 Å². The Bertz CT molecular complexity index is 570. The number of benzene rings is 1. The maximum absolute atomic E-state index is 12.1. The number of hydrogen-bond donors (Lipinski definition) is 1. The fourth-order valence-corrected chi connectivity index (χ4v) is 2.17. The first-order valence-corrected chi connectivity index (χ1v) is 7.86. The van der Waals surface area contributed by atoms with Crippen molar-refractivity contribution in [3.8, 4) is 5.75 Å². The summed E-state index contributed by atoms with van der Waals surface area (Å²) in [5.74, 6) is 0.289. The van der Waals surface area contributed by atoms with E-state index in [1.54, 1.807) is 6.07 Å². The Labute approximate surface area is 136 Å². The van der Waals surface area contributed by atoms with Crippen molar-refractivity contribution in [1.29, 1.82) is 0 Å². The summed E-state index contributed by atoms with van der Waals surface area (Å²) in [7, 11) is 0. The van der Waals surface area contributed by atoms with Crippen molar-refractivity contribution in [2.45, 2.75) is 46.3 Å². The Morgan fingerprint density at radius 2 is 2.13 bits per heavy atom. The van der Waals surface area contributed by atoms with Gasteiger partial charge < -0.3 is 14.9 Å². The fraction of sp³-hybridized carbons (Fsp3) is 0.529. The number of ether oxygens (including phenoxy) is 1. The van der Waals surface area contributed by atoms with Crippen LogP contribution in [0.25, 0.3) is 0 Å². The summed E-state index contributed by atoms with van der Waals surface area (Å²) in [4.78, 5) is 34.0. The number of carbonyl (C=O) groups is 2. The molecule has 1 aliphatic heterocycles. The third-order valence-electron chi connectivity index (χ3n) is 3.45. The molecule has 0 spiro atoms. The minimum absolute atomic E-state index is 0.171. The largest absolute Gasteiger partial charge is 0.464 e. The molecule has 0 fully saturated rings. The standard InChI is InChI=1S/C17H23NO5/c1-4-14(17(20)21-9-11(2)3)18-16(19)8-12-5-6-13-10-22-23-15(13)7-12/h5-7,11,14H,4,8-10H2,1-3H3,(H,18,19). The van der Waals surface area contributed by atoms with Crippen molar-refractivity contribution in [3.05, 3.63) is 29.3 Å². The van der Waals surface area contributed by atoms with Crippen molar-refractivity contribution in [3.63, 3.8) is 0 Å². The number of nitrogens with one attached hydrogen (secondary N) is 1. The summed E-state index contributed by atoms with van der Waals surface area (Å²) in [5, 5.41) is 2.72. The van der Waals surface area contributed by atoms with E-state index in [2.05, 4.69) is 5.32 Å². The molecule has 0 saturated carbocycles. The van der Waals surface area contributed by atoms with Crippen LogP contribution in [0.2, 0.25) is 0 Å². The van der Waals surface area contributed by atoms with Gasteiger partial charge in [-0.05, 0) is 24.0 Å². The Morgan fingerprint density at radius 3 is 2.83 bits per heavy atom. The summed E-state index contributed by atoms with van der Waals surface area (Å²) < 4.78 is 5.18. The Hall–Kier alpha value is -2.08. The third kappa shape index (κ3) is 4.96. The van der Waals surface area contributed by atoms with E-state index in [-0.39, 0.29) is 24.2 Å². The lowest BCUT2D eigenvalue weighted by atomic mass is 10.1. The van der Waals surface area contributed by atoms with Gasteiger partial charge in [-0.2, -0.15) is 4.89 Å². The Kier molecular flexibility index (Phi) is 5.98. The van der Waals surface area contributed by atoms with Crippen LogP contribution in [-0.4, -0.2) is 24.5 Å². The van der Waals surface area contributed by atoms with Crippen molar-refractivity contribution < 1.29 is 24.1 Å². The van der Waals surface area contributed by atoms with E-state index in [0.29, 0.717) is 25.4 Å². The van der Waals surface area contributed by atoms with Crippen molar-refractivity contribution in [2.24, 2.45) is 5.92 Å². The molecule has 1 atom stereocenters. The second-order valence-corrected chi connectivity index (χ2v) is 6.02. The second-order valence-electron chi connectivity index (χ2n) is 6.02.